The Bertz CT molecular complexity index is 806. The van der Waals surface area contributed by atoms with Gasteiger partial charge in [0.05, 0.1) is 19.5 Å². The molecule has 0 aromatic heterocycles. The lowest BCUT2D eigenvalue weighted by Crippen LogP contribution is -2.44. The molecule has 2 rings (SSSR count). The maximum absolute atomic E-state index is 13.5. The smallest absolute Gasteiger partial charge is 0.422 e. The molecule has 1 aliphatic carbocycles. The van der Waals surface area contributed by atoms with Crippen LogP contribution in [0.1, 0.15) is 35.7 Å². The summed E-state index contributed by atoms with van der Waals surface area (Å²) in [4.78, 5) is 25.3. The Hall–Kier alpha value is -1.81. The summed E-state index contributed by atoms with van der Waals surface area (Å²) >= 11 is 3.09. The average Bonchev–Trinajstić information content (AvgIpc) is 3.51. The summed E-state index contributed by atoms with van der Waals surface area (Å²) in [6, 6.07) is 3.89. The third-order valence-corrected chi connectivity index (χ3v) is 4.63. The zero-order valence-electron chi connectivity index (χ0n) is 15.3. The minimum atomic E-state index is -5.09. The van der Waals surface area contributed by atoms with Gasteiger partial charge in [-0.15, -0.1) is 0 Å². The van der Waals surface area contributed by atoms with Crippen molar-refractivity contribution in [1.29, 1.82) is 0 Å². The van der Waals surface area contributed by atoms with Crippen molar-refractivity contribution in [2.24, 2.45) is 5.92 Å². The SMILES string of the molecule is CCO/C=C(\C(=O)c1ccc(Br)cc1COC(F)(F)C(F)(F)CF)C(=O)C1CC1. The van der Waals surface area contributed by atoms with Gasteiger partial charge in [-0.3, -0.25) is 9.59 Å². The molecule has 0 bridgehead atoms. The van der Waals surface area contributed by atoms with E-state index in [4.69, 9.17) is 4.74 Å². The number of Topliss-reactive ketones (excluding diaryl/α,β-unsaturated/α-hetero) is 2. The molecule has 10 heteroatoms. The Balaban J connectivity index is 2.33. The van der Waals surface area contributed by atoms with E-state index in [0.29, 0.717) is 17.3 Å². The van der Waals surface area contributed by atoms with E-state index in [1.165, 1.54) is 18.2 Å². The van der Waals surface area contributed by atoms with Crippen LogP contribution in [-0.4, -0.2) is 36.9 Å². The van der Waals surface area contributed by atoms with Crippen LogP contribution in [0.2, 0.25) is 0 Å². The van der Waals surface area contributed by atoms with E-state index < -0.39 is 36.9 Å². The van der Waals surface area contributed by atoms with Gasteiger partial charge in [0, 0.05) is 16.0 Å². The number of hydrogen-bond donors (Lipinski definition) is 0. The van der Waals surface area contributed by atoms with E-state index in [9.17, 15) is 31.5 Å². The van der Waals surface area contributed by atoms with Crippen LogP contribution in [-0.2, 0) is 20.9 Å². The van der Waals surface area contributed by atoms with Crippen LogP contribution < -0.4 is 0 Å². The van der Waals surface area contributed by atoms with Gasteiger partial charge in [0.2, 0.25) is 0 Å². The van der Waals surface area contributed by atoms with Gasteiger partial charge in [-0.1, -0.05) is 15.9 Å². The maximum atomic E-state index is 13.5. The molecule has 0 atom stereocenters. The van der Waals surface area contributed by atoms with Gasteiger partial charge >= 0.3 is 12.0 Å². The summed E-state index contributed by atoms with van der Waals surface area (Å²) in [7, 11) is 0. The number of carbonyl (C=O) groups is 2. The molecule has 0 aliphatic heterocycles. The first kappa shape index (κ1) is 23.5. The lowest BCUT2D eigenvalue weighted by Gasteiger charge is -2.24. The molecular formula is C19H18BrF5O4. The third-order valence-electron chi connectivity index (χ3n) is 4.14. The molecule has 1 aromatic rings. The Morgan fingerprint density at radius 3 is 2.45 bits per heavy atom. The van der Waals surface area contributed by atoms with Gasteiger partial charge in [-0.25, -0.2) is 4.39 Å². The standard InChI is InChI=1S/C19H18BrF5O4/c1-2-28-9-15(16(26)11-3-4-11)17(27)14-6-5-13(20)7-12(14)8-29-19(24,25)18(22,23)10-21/h5-7,9,11H,2-4,8,10H2,1H3/b15-9-. The number of hydrogen-bond acceptors (Lipinski definition) is 4. The van der Waals surface area contributed by atoms with Crippen LogP contribution in [0.3, 0.4) is 0 Å². The molecule has 0 saturated heterocycles. The van der Waals surface area contributed by atoms with Crippen LogP contribution in [0.4, 0.5) is 22.0 Å². The molecular weight excluding hydrogens is 467 g/mol. The van der Waals surface area contributed by atoms with Crippen molar-refractivity contribution in [3.63, 3.8) is 0 Å². The Morgan fingerprint density at radius 1 is 1.24 bits per heavy atom. The van der Waals surface area contributed by atoms with Gasteiger partial charge in [0.25, 0.3) is 0 Å². The fourth-order valence-electron chi connectivity index (χ4n) is 2.36. The highest BCUT2D eigenvalue weighted by molar-refractivity contribution is 9.10. The number of benzene rings is 1. The van der Waals surface area contributed by atoms with E-state index in [-0.39, 0.29) is 29.2 Å². The number of rotatable bonds is 11. The molecule has 160 valence electrons. The number of carbonyl (C=O) groups excluding carboxylic acids is 2. The highest BCUT2D eigenvalue weighted by atomic mass is 79.9. The van der Waals surface area contributed by atoms with Crippen molar-refractivity contribution in [3.05, 3.63) is 45.6 Å². The highest BCUT2D eigenvalue weighted by Gasteiger charge is 2.58. The quantitative estimate of drug-likeness (QED) is 0.107. The fourth-order valence-corrected chi connectivity index (χ4v) is 2.76. The van der Waals surface area contributed by atoms with E-state index in [1.807, 2.05) is 0 Å². The van der Waals surface area contributed by atoms with E-state index in [0.717, 1.165) is 6.26 Å². The normalized spacial score (nSPS) is 15.3. The van der Waals surface area contributed by atoms with Crippen LogP contribution in [0.25, 0.3) is 0 Å². The number of halogens is 6. The van der Waals surface area contributed by atoms with Crippen LogP contribution in [0.5, 0.6) is 0 Å². The summed E-state index contributed by atoms with van der Waals surface area (Å²) in [5, 5.41) is 0. The molecule has 1 saturated carbocycles. The lowest BCUT2D eigenvalue weighted by atomic mass is 9.95. The number of ether oxygens (including phenoxy) is 2. The topological polar surface area (TPSA) is 52.6 Å². The minimum Gasteiger partial charge on any atom is -0.501 e. The van der Waals surface area contributed by atoms with Gasteiger partial charge in [-0.2, -0.15) is 17.6 Å². The minimum absolute atomic E-state index is 0.176. The van der Waals surface area contributed by atoms with Crippen molar-refractivity contribution in [2.45, 2.75) is 38.4 Å². The van der Waals surface area contributed by atoms with Crippen LogP contribution in [0, 0.1) is 5.92 Å². The first-order valence-corrected chi connectivity index (χ1v) is 9.48. The molecule has 1 aromatic carbocycles. The second-order valence-electron chi connectivity index (χ2n) is 6.40. The molecule has 4 nitrogen and oxygen atoms in total. The molecule has 0 radical (unpaired) electrons. The summed E-state index contributed by atoms with van der Waals surface area (Å²) in [5.41, 5.74) is -0.629. The van der Waals surface area contributed by atoms with E-state index in [1.54, 1.807) is 6.92 Å². The van der Waals surface area contributed by atoms with Gasteiger partial charge in [0.1, 0.15) is 5.57 Å². The molecule has 0 spiro atoms. The number of alkyl halides is 5. The van der Waals surface area contributed by atoms with Crippen molar-refractivity contribution < 1.29 is 41.0 Å². The van der Waals surface area contributed by atoms with Crippen LogP contribution >= 0.6 is 15.9 Å². The van der Waals surface area contributed by atoms with Gasteiger partial charge in [-0.05, 0) is 43.5 Å². The summed E-state index contributed by atoms with van der Waals surface area (Å²) < 4.78 is 74.7. The second-order valence-corrected chi connectivity index (χ2v) is 7.32. The molecule has 0 N–H and O–H groups in total. The largest absolute Gasteiger partial charge is 0.501 e. The van der Waals surface area contributed by atoms with Crippen molar-refractivity contribution in [3.8, 4) is 0 Å². The Morgan fingerprint density at radius 2 is 1.90 bits per heavy atom. The van der Waals surface area contributed by atoms with E-state index >= 15 is 0 Å². The Labute approximate surface area is 172 Å². The molecule has 0 heterocycles. The predicted octanol–water partition coefficient (Wildman–Crippen LogP) is 5.25. The monoisotopic (exact) mass is 484 g/mol. The lowest BCUT2D eigenvalue weighted by molar-refractivity contribution is -0.354. The first-order valence-electron chi connectivity index (χ1n) is 8.68. The van der Waals surface area contributed by atoms with Crippen LogP contribution in [0.15, 0.2) is 34.5 Å². The predicted molar refractivity (Wildman–Crippen MR) is 96.6 cm³/mol. The fraction of sp³-hybridized carbons (Fsp3) is 0.474. The molecule has 0 amide bonds. The molecule has 29 heavy (non-hydrogen) atoms. The van der Waals surface area contributed by atoms with Gasteiger partial charge in [0.15, 0.2) is 18.2 Å². The summed E-state index contributed by atoms with van der Waals surface area (Å²) in [6.45, 7) is -1.88. The van der Waals surface area contributed by atoms with Gasteiger partial charge < -0.3 is 9.47 Å². The highest BCUT2D eigenvalue weighted by Crippen LogP contribution is 2.37. The molecule has 1 fully saturated rings. The molecule has 1 aliphatic rings. The van der Waals surface area contributed by atoms with Crippen molar-refractivity contribution in [2.75, 3.05) is 13.3 Å². The van der Waals surface area contributed by atoms with Crippen molar-refractivity contribution in [1.82, 2.24) is 0 Å². The molecule has 0 unspecified atom stereocenters. The maximum Gasteiger partial charge on any atom is 0.422 e. The number of ketones is 2. The van der Waals surface area contributed by atoms with E-state index in [2.05, 4.69) is 20.7 Å². The average molecular weight is 485 g/mol. The summed E-state index contributed by atoms with van der Waals surface area (Å²) in [6.07, 6.45) is -2.83. The zero-order chi connectivity index (χ0) is 21.8. The third kappa shape index (κ3) is 5.63. The summed E-state index contributed by atoms with van der Waals surface area (Å²) in [5.74, 6) is -6.58. The first-order chi connectivity index (χ1) is 13.5. The zero-order valence-corrected chi connectivity index (χ0v) is 16.9. The van der Waals surface area contributed by atoms with Crippen molar-refractivity contribution >= 4 is 27.5 Å². The number of allylic oxidation sites excluding steroid dienone is 1. The Kier molecular flexibility index (Phi) is 7.56. The second kappa shape index (κ2) is 9.34.